The number of nitrogens with zero attached hydrogens (tertiary/aromatic N) is 6. The predicted octanol–water partition coefficient (Wildman–Crippen LogP) is 1.23. The van der Waals surface area contributed by atoms with E-state index in [0.29, 0.717) is 17.5 Å². The third-order valence-corrected chi connectivity index (χ3v) is 2.15. The van der Waals surface area contributed by atoms with Crippen LogP contribution in [0, 0.1) is 0 Å². The van der Waals surface area contributed by atoms with Crippen molar-refractivity contribution >= 4 is 21.1 Å². The Hall–Kier alpha value is -2.27. The topological polar surface area (TPSA) is 102 Å². The summed E-state index contributed by atoms with van der Waals surface area (Å²) >= 11 is 0. The van der Waals surface area contributed by atoms with Gasteiger partial charge < -0.3 is 5.73 Å². The number of hydrogen-bond donors (Lipinski definition) is 1. The third-order valence-electron chi connectivity index (χ3n) is 1.91. The van der Waals surface area contributed by atoms with Gasteiger partial charge in [-0.15, -0.1) is 0 Å². The first-order valence-corrected chi connectivity index (χ1v) is 6.49. The Morgan fingerprint density at radius 2 is 1.40 bits per heavy atom. The van der Waals surface area contributed by atoms with Gasteiger partial charge in [0.2, 0.25) is 0 Å². The molecule has 1 atom stereocenters. The van der Waals surface area contributed by atoms with Crippen molar-refractivity contribution in [2.45, 2.75) is 13.8 Å². The minimum atomic E-state index is 0.157. The quantitative estimate of drug-likeness (QED) is 0.509. The molecule has 0 aliphatic carbocycles. The molecule has 0 saturated carbocycles. The van der Waals surface area contributed by atoms with Crippen LogP contribution in [-0.4, -0.2) is 31.6 Å². The van der Waals surface area contributed by atoms with Crippen LogP contribution >= 0.6 is 9.39 Å². The SMILES string of the molecule is CC.NC(=N/C(=N\P)c1ncccn1)c1ncccn1. The van der Waals surface area contributed by atoms with E-state index in [1.807, 2.05) is 13.8 Å². The molecule has 104 valence electrons. The Bertz CT molecular complexity index is 569. The maximum absolute atomic E-state index is 5.79. The minimum absolute atomic E-state index is 0.157. The Labute approximate surface area is 119 Å². The van der Waals surface area contributed by atoms with Crippen molar-refractivity contribution in [3.8, 4) is 0 Å². The van der Waals surface area contributed by atoms with Crippen molar-refractivity contribution in [3.05, 3.63) is 48.6 Å². The van der Waals surface area contributed by atoms with E-state index in [2.05, 4.69) is 39.1 Å². The van der Waals surface area contributed by atoms with Crippen LogP contribution in [0.1, 0.15) is 25.5 Å². The summed E-state index contributed by atoms with van der Waals surface area (Å²) in [6.45, 7) is 4.00. The molecule has 0 spiro atoms. The molecule has 2 rings (SSSR count). The van der Waals surface area contributed by atoms with E-state index in [1.54, 1.807) is 36.9 Å². The van der Waals surface area contributed by atoms with Gasteiger partial charge in [0.15, 0.2) is 23.3 Å². The highest BCUT2D eigenvalue weighted by Crippen LogP contribution is 1.99. The largest absolute Gasteiger partial charge is 0.380 e. The van der Waals surface area contributed by atoms with E-state index in [9.17, 15) is 0 Å². The number of hydrogen-bond acceptors (Lipinski definition) is 5. The molecule has 20 heavy (non-hydrogen) atoms. The zero-order valence-corrected chi connectivity index (χ0v) is 12.5. The van der Waals surface area contributed by atoms with E-state index in [-0.39, 0.29) is 5.84 Å². The average Bonchev–Trinajstić information content (AvgIpc) is 2.56. The zero-order chi connectivity index (χ0) is 14.8. The first-order chi connectivity index (χ1) is 9.81. The number of rotatable bonds is 2. The van der Waals surface area contributed by atoms with Crippen LogP contribution in [0.4, 0.5) is 0 Å². The smallest absolute Gasteiger partial charge is 0.198 e. The van der Waals surface area contributed by atoms with Crippen molar-refractivity contribution in [3.63, 3.8) is 0 Å². The summed E-state index contributed by atoms with van der Waals surface area (Å²) in [6.07, 6.45) is 6.37. The molecular formula is C12H16N7P. The lowest BCUT2D eigenvalue weighted by Crippen LogP contribution is -2.19. The summed E-state index contributed by atoms with van der Waals surface area (Å²) in [5.41, 5.74) is 5.79. The molecule has 0 amide bonds. The van der Waals surface area contributed by atoms with Crippen LogP contribution in [-0.2, 0) is 0 Å². The summed E-state index contributed by atoms with van der Waals surface area (Å²) < 4.78 is 3.91. The van der Waals surface area contributed by atoms with Gasteiger partial charge in [0.25, 0.3) is 0 Å². The first kappa shape index (κ1) is 15.8. The number of amidine groups is 2. The van der Waals surface area contributed by atoms with Gasteiger partial charge in [-0.3, -0.25) is 0 Å². The molecule has 7 nitrogen and oxygen atoms in total. The van der Waals surface area contributed by atoms with E-state index in [1.165, 1.54) is 0 Å². The van der Waals surface area contributed by atoms with Crippen molar-refractivity contribution in [1.29, 1.82) is 0 Å². The van der Waals surface area contributed by atoms with Gasteiger partial charge in [0.05, 0.1) is 0 Å². The van der Waals surface area contributed by atoms with Crippen LogP contribution in [0.15, 0.2) is 46.7 Å². The van der Waals surface area contributed by atoms with Crippen LogP contribution in [0.25, 0.3) is 0 Å². The minimum Gasteiger partial charge on any atom is -0.380 e. The van der Waals surface area contributed by atoms with Gasteiger partial charge in [0.1, 0.15) is 0 Å². The van der Waals surface area contributed by atoms with Gasteiger partial charge in [0, 0.05) is 24.8 Å². The lowest BCUT2D eigenvalue weighted by molar-refractivity contribution is 1.11. The van der Waals surface area contributed by atoms with Crippen LogP contribution in [0.3, 0.4) is 0 Å². The second-order valence-electron chi connectivity index (χ2n) is 3.09. The molecule has 0 aliphatic rings. The summed E-state index contributed by atoms with van der Waals surface area (Å²) in [7, 11) is 2.20. The molecule has 2 aromatic rings. The number of aromatic nitrogens is 4. The highest BCUT2D eigenvalue weighted by Gasteiger charge is 2.07. The lowest BCUT2D eigenvalue weighted by atomic mass is 10.4. The molecular weight excluding hydrogens is 273 g/mol. The molecule has 8 heteroatoms. The molecule has 1 unspecified atom stereocenters. The Kier molecular flexibility index (Phi) is 6.92. The van der Waals surface area contributed by atoms with E-state index in [0.717, 1.165) is 0 Å². The Morgan fingerprint density at radius 3 is 1.85 bits per heavy atom. The second-order valence-corrected chi connectivity index (χ2v) is 3.35. The van der Waals surface area contributed by atoms with Crippen molar-refractivity contribution in [2.75, 3.05) is 0 Å². The second kappa shape index (κ2) is 8.77. The van der Waals surface area contributed by atoms with Crippen LogP contribution in [0.2, 0.25) is 0 Å². The number of nitrogens with two attached hydrogens (primary N) is 1. The zero-order valence-electron chi connectivity index (χ0n) is 11.3. The molecule has 0 radical (unpaired) electrons. The van der Waals surface area contributed by atoms with Gasteiger partial charge >= 0.3 is 0 Å². The standard InChI is InChI=1S/C10H10N7P.C2H6/c11-7(8-12-3-1-4-13-8)16-10(17-18)9-14-5-2-6-15-9;1-2/h1-6H,18H2,(H2,11,16,17);1-2H3. The van der Waals surface area contributed by atoms with Crippen LogP contribution in [0.5, 0.6) is 0 Å². The molecule has 0 aliphatic heterocycles. The van der Waals surface area contributed by atoms with E-state index < -0.39 is 0 Å². The van der Waals surface area contributed by atoms with E-state index in [4.69, 9.17) is 5.73 Å². The van der Waals surface area contributed by atoms with Gasteiger partial charge in [-0.2, -0.15) is 0 Å². The van der Waals surface area contributed by atoms with Crippen molar-refractivity contribution in [1.82, 2.24) is 19.9 Å². The fourth-order valence-corrected chi connectivity index (χ4v) is 1.32. The molecule has 0 aromatic carbocycles. The summed E-state index contributed by atoms with van der Waals surface area (Å²) in [4.78, 5) is 20.2. The monoisotopic (exact) mass is 289 g/mol. The van der Waals surface area contributed by atoms with Crippen molar-refractivity contribution in [2.24, 2.45) is 15.5 Å². The third kappa shape index (κ3) is 4.44. The Morgan fingerprint density at radius 1 is 0.950 bits per heavy atom. The van der Waals surface area contributed by atoms with Gasteiger partial charge in [-0.05, 0) is 21.5 Å². The highest BCUT2D eigenvalue weighted by atomic mass is 31.0. The number of aliphatic imine (C=N–C) groups is 1. The van der Waals surface area contributed by atoms with Gasteiger partial charge in [-0.1, -0.05) is 13.8 Å². The van der Waals surface area contributed by atoms with Gasteiger partial charge in [-0.25, -0.2) is 29.7 Å². The lowest BCUT2D eigenvalue weighted by Gasteiger charge is -2.00. The average molecular weight is 289 g/mol. The molecule has 0 fully saturated rings. The normalized spacial score (nSPS) is 11.6. The maximum atomic E-state index is 5.79. The highest BCUT2D eigenvalue weighted by molar-refractivity contribution is 7.15. The molecule has 2 N–H and O–H groups in total. The van der Waals surface area contributed by atoms with Crippen molar-refractivity contribution < 1.29 is 0 Å². The molecule has 0 bridgehead atoms. The summed E-state index contributed by atoms with van der Waals surface area (Å²) in [5.74, 6) is 1.17. The van der Waals surface area contributed by atoms with E-state index >= 15 is 0 Å². The molecule has 2 heterocycles. The molecule has 0 saturated heterocycles. The molecule has 2 aromatic heterocycles. The van der Waals surface area contributed by atoms with Crippen LogP contribution < -0.4 is 5.73 Å². The Balaban J connectivity index is 0.000000956. The summed E-state index contributed by atoms with van der Waals surface area (Å²) in [6, 6.07) is 3.40. The fraction of sp³-hybridized carbons (Fsp3) is 0.167. The predicted molar refractivity (Wildman–Crippen MR) is 82.4 cm³/mol. The first-order valence-electron chi connectivity index (χ1n) is 5.98. The summed E-state index contributed by atoms with van der Waals surface area (Å²) in [5, 5.41) is 0. The fourth-order valence-electron chi connectivity index (χ4n) is 1.15. The maximum Gasteiger partial charge on any atom is 0.198 e.